The normalized spacial score (nSPS) is 11.4. The van der Waals surface area contributed by atoms with Gasteiger partial charge in [0.1, 0.15) is 17.6 Å². The highest BCUT2D eigenvalue weighted by Gasteiger charge is 2.01. The average molecular weight is 295 g/mol. The predicted octanol–water partition coefficient (Wildman–Crippen LogP) is 3.37. The van der Waals surface area contributed by atoms with Crippen LogP contribution in [0, 0.1) is 5.82 Å². The first-order valence-corrected chi connectivity index (χ1v) is 6.24. The fourth-order valence-electron chi connectivity index (χ4n) is 1.54. The van der Waals surface area contributed by atoms with Crippen molar-refractivity contribution in [2.75, 3.05) is 0 Å². The number of benzene rings is 1. The Kier molecular flexibility index (Phi) is 4.90. The van der Waals surface area contributed by atoms with Crippen LogP contribution in [0.4, 0.5) is 4.39 Å². The Morgan fingerprint density at radius 2 is 1.90 bits per heavy atom. The van der Waals surface area contributed by atoms with Crippen molar-refractivity contribution < 1.29 is 14.3 Å². The van der Waals surface area contributed by atoms with Gasteiger partial charge in [0.2, 0.25) is 5.88 Å². The first-order chi connectivity index (χ1) is 9.67. The van der Waals surface area contributed by atoms with Crippen LogP contribution in [0.5, 0.6) is 5.88 Å². The van der Waals surface area contributed by atoms with Crippen LogP contribution in [0.25, 0.3) is 0 Å². The number of pyridine rings is 1. The Morgan fingerprint density at radius 1 is 1.20 bits per heavy atom. The second-order valence-electron chi connectivity index (χ2n) is 4.07. The predicted molar refractivity (Wildman–Crippen MR) is 73.7 cm³/mol. The van der Waals surface area contributed by atoms with Gasteiger partial charge in [-0.05, 0) is 23.3 Å². The molecule has 0 radical (unpaired) electrons. The first-order valence-electron chi connectivity index (χ1n) is 5.86. The Bertz CT molecular complexity index is 585. The number of hydrogen-bond donors (Lipinski definition) is 1. The van der Waals surface area contributed by atoms with Crippen molar-refractivity contribution in [3.63, 3.8) is 0 Å². The van der Waals surface area contributed by atoms with E-state index >= 15 is 0 Å². The highest BCUT2D eigenvalue weighted by Crippen LogP contribution is 2.12. The van der Waals surface area contributed by atoms with Crippen LogP contribution in [-0.4, -0.2) is 15.4 Å². The standard InChI is InChI=1S/C14H12ClFN2O2/c15-13(18-19)7-11-3-6-14(17-8-11)20-9-10-1-4-12(16)5-2-10/h1-6,8,19H,7,9H2. The summed E-state index contributed by atoms with van der Waals surface area (Å²) in [7, 11) is 0. The Balaban J connectivity index is 1.92. The molecule has 0 bridgehead atoms. The number of oxime groups is 1. The molecule has 1 aromatic heterocycles. The van der Waals surface area contributed by atoms with Crippen LogP contribution in [0.2, 0.25) is 0 Å². The van der Waals surface area contributed by atoms with Crippen LogP contribution < -0.4 is 4.74 Å². The van der Waals surface area contributed by atoms with E-state index in [1.54, 1.807) is 30.5 Å². The van der Waals surface area contributed by atoms with Crippen molar-refractivity contribution in [3.8, 4) is 5.88 Å². The summed E-state index contributed by atoms with van der Waals surface area (Å²) in [6, 6.07) is 9.54. The van der Waals surface area contributed by atoms with Crippen molar-refractivity contribution >= 4 is 16.8 Å². The fraction of sp³-hybridized carbons (Fsp3) is 0.143. The third kappa shape index (κ3) is 4.20. The lowest BCUT2D eigenvalue weighted by Crippen LogP contribution is -1.99. The molecule has 6 heteroatoms. The van der Waals surface area contributed by atoms with E-state index in [1.807, 2.05) is 0 Å². The summed E-state index contributed by atoms with van der Waals surface area (Å²) in [5.74, 6) is 0.175. The smallest absolute Gasteiger partial charge is 0.213 e. The molecule has 0 amide bonds. The van der Waals surface area contributed by atoms with Crippen LogP contribution in [0.15, 0.2) is 47.8 Å². The number of rotatable bonds is 5. The Morgan fingerprint density at radius 3 is 2.50 bits per heavy atom. The second-order valence-corrected chi connectivity index (χ2v) is 4.51. The number of nitrogens with zero attached hydrogens (tertiary/aromatic N) is 2. The molecule has 0 aliphatic heterocycles. The number of aromatic nitrogens is 1. The molecule has 0 aliphatic rings. The lowest BCUT2D eigenvalue weighted by molar-refractivity contribution is 0.293. The average Bonchev–Trinajstić information content (AvgIpc) is 2.48. The molecule has 4 nitrogen and oxygen atoms in total. The van der Waals surface area contributed by atoms with Crippen LogP contribution in [0.1, 0.15) is 11.1 Å². The maximum absolute atomic E-state index is 12.7. The molecular weight excluding hydrogens is 283 g/mol. The van der Waals surface area contributed by atoms with Crippen molar-refractivity contribution in [3.05, 3.63) is 59.5 Å². The topological polar surface area (TPSA) is 54.7 Å². The molecule has 0 saturated carbocycles. The van der Waals surface area contributed by atoms with Gasteiger partial charge in [-0.2, -0.15) is 0 Å². The lowest BCUT2D eigenvalue weighted by atomic mass is 10.2. The Hall–Kier alpha value is -2.14. The molecule has 1 aromatic carbocycles. The SMILES string of the molecule is ON=C(Cl)Cc1ccc(OCc2ccc(F)cc2)nc1. The van der Waals surface area contributed by atoms with Gasteiger partial charge in [-0.15, -0.1) is 0 Å². The van der Waals surface area contributed by atoms with Gasteiger partial charge in [-0.25, -0.2) is 9.37 Å². The van der Waals surface area contributed by atoms with Crippen molar-refractivity contribution in [2.24, 2.45) is 5.16 Å². The van der Waals surface area contributed by atoms with Crippen molar-refractivity contribution in [2.45, 2.75) is 13.0 Å². The van der Waals surface area contributed by atoms with Crippen LogP contribution in [-0.2, 0) is 13.0 Å². The Labute approximate surface area is 120 Å². The van der Waals surface area contributed by atoms with E-state index in [2.05, 4.69) is 10.1 Å². The zero-order valence-corrected chi connectivity index (χ0v) is 11.2. The summed E-state index contributed by atoms with van der Waals surface area (Å²) in [5.41, 5.74) is 1.66. The molecule has 0 aliphatic carbocycles. The minimum atomic E-state index is -0.279. The summed E-state index contributed by atoms with van der Waals surface area (Å²) in [4.78, 5) is 4.11. The number of ether oxygens (including phenoxy) is 1. The summed E-state index contributed by atoms with van der Waals surface area (Å²) in [6.07, 6.45) is 1.90. The van der Waals surface area contributed by atoms with E-state index in [9.17, 15) is 4.39 Å². The minimum Gasteiger partial charge on any atom is -0.473 e. The van der Waals surface area contributed by atoms with Crippen molar-refractivity contribution in [1.29, 1.82) is 0 Å². The molecule has 0 spiro atoms. The second kappa shape index (κ2) is 6.86. The monoisotopic (exact) mass is 294 g/mol. The van der Waals surface area contributed by atoms with Crippen molar-refractivity contribution in [1.82, 2.24) is 4.98 Å². The molecular formula is C14H12ClFN2O2. The highest BCUT2D eigenvalue weighted by molar-refractivity contribution is 6.65. The molecule has 0 unspecified atom stereocenters. The summed E-state index contributed by atoms with van der Waals surface area (Å²) in [5, 5.41) is 11.4. The molecule has 0 fully saturated rings. The molecule has 1 N–H and O–H groups in total. The van der Waals surface area contributed by atoms with E-state index in [0.29, 0.717) is 18.9 Å². The first kappa shape index (κ1) is 14.3. The van der Waals surface area contributed by atoms with Gasteiger partial charge in [0.05, 0.1) is 0 Å². The van der Waals surface area contributed by atoms with Gasteiger partial charge >= 0.3 is 0 Å². The van der Waals surface area contributed by atoms with Crippen LogP contribution >= 0.6 is 11.6 Å². The van der Waals surface area contributed by atoms with E-state index in [0.717, 1.165) is 11.1 Å². The van der Waals surface area contributed by atoms with Gasteiger partial charge in [0, 0.05) is 18.7 Å². The van der Waals surface area contributed by atoms with Gasteiger partial charge in [-0.3, -0.25) is 0 Å². The minimum absolute atomic E-state index is 0.0896. The lowest BCUT2D eigenvalue weighted by Gasteiger charge is -2.06. The summed E-state index contributed by atoms with van der Waals surface area (Å²) in [6.45, 7) is 0.311. The van der Waals surface area contributed by atoms with Gasteiger partial charge in [0.25, 0.3) is 0 Å². The number of hydrogen-bond acceptors (Lipinski definition) is 4. The summed E-state index contributed by atoms with van der Waals surface area (Å²) < 4.78 is 18.2. The third-order valence-electron chi connectivity index (χ3n) is 2.56. The molecule has 2 aromatic rings. The maximum Gasteiger partial charge on any atom is 0.213 e. The number of halogens is 2. The molecule has 0 atom stereocenters. The largest absolute Gasteiger partial charge is 0.473 e. The molecule has 0 saturated heterocycles. The van der Waals surface area contributed by atoms with Gasteiger partial charge < -0.3 is 9.94 Å². The third-order valence-corrected chi connectivity index (χ3v) is 2.77. The maximum atomic E-state index is 12.7. The molecule has 2 rings (SSSR count). The van der Waals surface area contributed by atoms with E-state index in [-0.39, 0.29) is 11.0 Å². The molecule has 1 heterocycles. The van der Waals surface area contributed by atoms with Gasteiger partial charge in [-0.1, -0.05) is 35.0 Å². The van der Waals surface area contributed by atoms with E-state index in [1.165, 1.54) is 12.1 Å². The molecule has 104 valence electrons. The quantitative estimate of drug-likeness (QED) is 0.522. The summed E-state index contributed by atoms with van der Waals surface area (Å²) >= 11 is 5.60. The molecule has 20 heavy (non-hydrogen) atoms. The zero-order chi connectivity index (χ0) is 14.4. The zero-order valence-electron chi connectivity index (χ0n) is 10.5. The van der Waals surface area contributed by atoms with Gasteiger partial charge in [0.15, 0.2) is 0 Å². The van der Waals surface area contributed by atoms with Crippen LogP contribution in [0.3, 0.4) is 0 Å². The van der Waals surface area contributed by atoms with E-state index in [4.69, 9.17) is 21.5 Å². The van der Waals surface area contributed by atoms with E-state index < -0.39 is 0 Å². The highest BCUT2D eigenvalue weighted by atomic mass is 35.5. The fourth-order valence-corrected chi connectivity index (χ4v) is 1.70.